The number of anilines is 1. The zero-order valence-corrected chi connectivity index (χ0v) is 13.9. The molecule has 0 aliphatic heterocycles. The Morgan fingerprint density at radius 2 is 1.75 bits per heavy atom. The number of ether oxygens (including phenoxy) is 1. The molecule has 1 heterocycles. The summed E-state index contributed by atoms with van der Waals surface area (Å²) in [4.78, 5) is 0. The molecule has 0 spiro atoms. The zero-order valence-electron chi connectivity index (χ0n) is 13.1. The Balaban J connectivity index is 1.81. The van der Waals surface area contributed by atoms with E-state index in [-0.39, 0.29) is 18.8 Å². The molecule has 2 aromatic rings. The summed E-state index contributed by atoms with van der Waals surface area (Å²) in [6.45, 7) is 0.481. The van der Waals surface area contributed by atoms with E-state index in [1.165, 1.54) is 0 Å². The molecule has 0 saturated heterocycles. The van der Waals surface area contributed by atoms with Crippen molar-refractivity contribution in [1.82, 2.24) is 0 Å². The van der Waals surface area contributed by atoms with E-state index < -0.39 is 16.2 Å². The Morgan fingerprint density at radius 3 is 2.33 bits per heavy atom. The number of aromatic nitrogens is 1. The first-order valence-corrected chi connectivity index (χ1v) is 9.02. The van der Waals surface area contributed by atoms with Gasteiger partial charge in [0, 0.05) is 17.8 Å². The van der Waals surface area contributed by atoms with Gasteiger partial charge < -0.3 is 15.6 Å². The Labute approximate surface area is 141 Å². The van der Waals surface area contributed by atoms with E-state index in [4.69, 9.17) is 15.0 Å². The number of nitrogens with two attached hydrogens (primary N) is 1. The van der Waals surface area contributed by atoms with Crippen molar-refractivity contribution in [2.24, 2.45) is 0 Å². The molecule has 24 heavy (non-hydrogen) atoms. The number of aliphatic hydroxyl groups excluding tert-OH is 1. The van der Waals surface area contributed by atoms with Gasteiger partial charge in [0.15, 0.2) is 18.9 Å². The smallest absolute Gasteiger partial charge is 0.265 e. The van der Waals surface area contributed by atoms with Crippen molar-refractivity contribution in [3.8, 4) is 5.75 Å². The van der Waals surface area contributed by atoms with Crippen LogP contribution in [0.4, 0.5) is 5.69 Å². The van der Waals surface area contributed by atoms with Gasteiger partial charge in [-0.1, -0.05) is 0 Å². The minimum atomic E-state index is -3.96. The van der Waals surface area contributed by atoms with Crippen LogP contribution in [0.1, 0.15) is 5.56 Å². The third kappa shape index (κ3) is 6.53. The minimum Gasteiger partial charge on any atom is -0.491 e. The van der Waals surface area contributed by atoms with Crippen LogP contribution in [-0.4, -0.2) is 36.5 Å². The van der Waals surface area contributed by atoms with E-state index in [0.717, 1.165) is 5.56 Å². The molecule has 0 amide bonds. The number of aliphatic hydroxyl groups is 1. The molecule has 0 radical (unpaired) electrons. The van der Waals surface area contributed by atoms with Gasteiger partial charge in [0.05, 0.1) is 5.75 Å². The Morgan fingerprint density at radius 1 is 1.12 bits per heavy atom. The van der Waals surface area contributed by atoms with Gasteiger partial charge in [0.1, 0.15) is 18.5 Å². The number of hydrogen-bond acceptors (Lipinski definition) is 5. The molecule has 1 aromatic carbocycles. The molecule has 0 aliphatic carbocycles. The van der Waals surface area contributed by atoms with E-state index >= 15 is 0 Å². The third-order valence-corrected chi connectivity index (χ3v) is 4.07. The topological polar surface area (TPSA) is 114 Å². The van der Waals surface area contributed by atoms with Gasteiger partial charge in [-0.05, 0) is 36.2 Å². The fraction of sp³-hybridized carbons (Fsp3) is 0.312. The minimum absolute atomic E-state index is 0.140. The average Bonchev–Trinajstić information content (AvgIpc) is 2.53. The highest BCUT2D eigenvalue weighted by molar-refractivity contribution is 7.85. The van der Waals surface area contributed by atoms with Crippen LogP contribution in [0.2, 0.25) is 0 Å². The Kier molecular flexibility index (Phi) is 6.13. The largest absolute Gasteiger partial charge is 0.491 e. The molecule has 0 saturated carbocycles. The molecular formula is C16H21N2O5S+. The molecule has 2 rings (SSSR count). The maximum atomic E-state index is 10.7. The van der Waals surface area contributed by atoms with Gasteiger partial charge >= 0.3 is 0 Å². The van der Waals surface area contributed by atoms with Crippen LogP contribution in [0, 0.1) is 0 Å². The number of nitrogens with zero attached hydrogens (tertiary/aromatic N) is 1. The molecule has 130 valence electrons. The van der Waals surface area contributed by atoms with Crippen LogP contribution >= 0.6 is 0 Å². The summed E-state index contributed by atoms with van der Waals surface area (Å²) in [7, 11) is -3.96. The van der Waals surface area contributed by atoms with Crippen molar-refractivity contribution < 1.29 is 27.4 Å². The van der Waals surface area contributed by atoms with Gasteiger partial charge in [-0.2, -0.15) is 8.42 Å². The standard InChI is InChI=1S/C16H20N2O5S/c17-14-1-3-16(4-2-14)23-12-15(19)11-18-8-5-13(6-9-18)7-10-24(20,21)22/h1-6,8-9,15,19H,7,10-12,17H2/p+1/t15-/m0/s1. The third-order valence-electron chi connectivity index (χ3n) is 3.35. The number of hydrogen-bond donors (Lipinski definition) is 3. The molecular weight excluding hydrogens is 332 g/mol. The number of pyridine rings is 1. The van der Waals surface area contributed by atoms with Crippen LogP contribution in [0.25, 0.3) is 0 Å². The first kappa shape index (κ1) is 18.2. The van der Waals surface area contributed by atoms with E-state index in [1.54, 1.807) is 53.4 Å². The second-order valence-corrected chi connectivity index (χ2v) is 7.05. The molecule has 0 aliphatic rings. The number of rotatable bonds is 8. The van der Waals surface area contributed by atoms with Gasteiger partial charge in [0.2, 0.25) is 0 Å². The Bertz CT molecular complexity index is 745. The first-order valence-electron chi connectivity index (χ1n) is 7.41. The average molecular weight is 353 g/mol. The molecule has 1 aromatic heterocycles. The number of nitrogen functional groups attached to an aromatic ring is 1. The summed E-state index contributed by atoms with van der Waals surface area (Å²) < 4.78 is 37.4. The second-order valence-electron chi connectivity index (χ2n) is 5.47. The highest BCUT2D eigenvalue weighted by atomic mass is 32.2. The van der Waals surface area contributed by atoms with E-state index in [1.807, 2.05) is 0 Å². The van der Waals surface area contributed by atoms with Crippen LogP contribution in [0.5, 0.6) is 5.75 Å². The summed E-state index contributed by atoms with van der Waals surface area (Å²) in [5.41, 5.74) is 7.02. The van der Waals surface area contributed by atoms with E-state index in [9.17, 15) is 13.5 Å². The lowest BCUT2D eigenvalue weighted by Crippen LogP contribution is -2.41. The van der Waals surface area contributed by atoms with Crippen LogP contribution in [0.3, 0.4) is 0 Å². The second kappa shape index (κ2) is 8.09. The Hall–Kier alpha value is -2.16. The number of benzene rings is 1. The van der Waals surface area contributed by atoms with Crippen molar-refractivity contribution in [3.05, 3.63) is 54.4 Å². The summed E-state index contributed by atoms with van der Waals surface area (Å²) in [6, 6.07) is 10.4. The van der Waals surface area contributed by atoms with Crippen LogP contribution in [0.15, 0.2) is 48.8 Å². The van der Waals surface area contributed by atoms with E-state index in [2.05, 4.69) is 0 Å². The van der Waals surface area contributed by atoms with Crippen molar-refractivity contribution >= 4 is 15.8 Å². The van der Waals surface area contributed by atoms with Crippen LogP contribution < -0.4 is 15.0 Å². The predicted octanol–water partition coefficient (Wildman–Crippen LogP) is 0.427. The van der Waals surface area contributed by atoms with Crippen molar-refractivity contribution in [2.75, 3.05) is 18.1 Å². The van der Waals surface area contributed by atoms with Crippen LogP contribution in [-0.2, 0) is 23.1 Å². The molecule has 0 unspecified atom stereocenters. The van der Waals surface area contributed by atoms with Gasteiger partial charge in [-0.15, -0.1) is 0 Å². The molecule has 0 fully saturated rings. The summed E-state index contributed by atoms with van der Waals surface area (Å²) in [5.74, 6) is 0.323. The molecule has 8 heteroatoms. The van der Waals surface area contributed by atoms with Crippen molar-refractivity contribution in [1.29, 1.82) is 0 Å². The van der Waals surface area contributed by atoms with Crippen molar-refractivity contribution in [2.45, 2.75) is 19.1 Å². The summed E-state index contributed by atoms with van der Waals surface area (Å²) in [5, 5.41) is 10.0. The normalized spacial score (nSPS) is 12.8. The zero-order chi connectivity index (χ0) is 17.6. The van der Waals surface area contributed by atoms with Gasteiger partial charge in [-0.25, -0.2) is 4.57 Å². The number of aryl methyl sites for hydroxylation is 1. The van der Waals surface area contributed by atoms with Gasteiger partial charge in [0.25, 0.3) is 10.1 Å². The molecule has 4 N–H and O–H groups in total. The molecule has 0 bridgehead atoms. The summed E-state index contributed by atoms with van der Waals surface area (Å²) in [6.07, 6.45) is 3.02. The lowest BCUT2D eigenvalue weighted by molar-refractivity contribution is -0.703. The summed E-state index contributed by atoms with van der Waals surface area (Å²) >= 11 is 0. The lowest BCUT2D eigenvalue weighted by atomic mass is 10.2. The fourth-order valence-corrected chi connectivity index (χ4v) is 2.57. The lowest BCUT2D eigenvalue weighted by Gasteiger charge is -2.10. The fourth-order valence-electron chi connectivity index (χ4n) is 2.08. The maximum absolute atomic E-state index is 10.7. The monoisotopic (exact) mass is 353 g/mol. The highest BCUT2D eigenvalue weighted by Gasteiger charge is 2.12. The maximum Gasteiger partial charge on any atom is 0.265 e. The quantitative estimate of drug-likeness (QED) is 0.360. The molecule has 7 nitrogen and oxygen atoms in total. The highest BCUT2D eigenvalue weighted by Crippen LogP contribution is 2.13. The first-order chi connectivity index (χ1) is 11.3. The van der Waals surface area contributed by atoms with Gasteiger partial charge in [-0.3, -0.25) is 4.55 Å². The predicted molar refractivity (Wildman–Crippen MR) is 89.1 cm³/mol. The SMILES string of the molecule is Nc1ccc(OC[C@@H](O)C[n+]2ccc(CCS(=O)(=O)O)cc2)cc1. The van der Waals surface area contributed by atoms with E-state index in [0.29, 0.717) is 18.0 Å². The molecule has 1 atom stereocenters. The van der Waals surface area contributed by atoms with Crippen molar-refractivity contribution in [3.63, 3.8) is 0 Å².